The van der Waals surface area contributed by atoms with E-state index in [2.05, 4.69) is 9.71 Å². The van der Waals surface area contributed by atoms with E-state index in [1.165, 1.54) is 18.2 Å². The molecule has 0 atom stereocenters. The lowest BCUT2D eigenvalue weighted by Crippen LogP contribution is -2.35. The van der Waals surface area contributed by atoms with Gasteiger partial charge in [0.2, 0.25) is 5.91 Å². The standard InChI is InChI=1S/C23H26FN3O3S/c1-2-5-22-26-31(29,30)21-14-19(25-23(28)17-6-3-4-7-17)12-13-20(21)27(22)15-16-8-10-18(24)11-9-16/h8-14,17H,2-7,15H2,1H3,(H,25,28). The van der Waals surface area contributed by atoms with E-state index < -0.39 is 10.0 Å². The molecule has 6 nitrogen and oxygen atoms in total. The predicted octanol–water partition coefficient (Wildman–Crippen LogP) is 4.86. The molecule has 0 spiro atoms. The van der Waals surface area contributed by atoms with Crippen molar-refractivity contribution in [3.63, 3.8) is 0 Å². The average molecular weight is 444 g/mol. The minimum absolute atomic E-state index is 0.0169. The number of hydrogen-bond donors (Lipinski definition) is 1. The van der Waals surface area contributed by atoms with Crippen LogP contribution in [0.3, 0.4) is 0 Å². The van der Waals surface area contributed by atoms with Crippen LogP contribution >= 0.6 is 0 Å². The van der Waals surface area contributed by atoms with Gasteiger partial charge in [-0.25, -0.2) is 4.39 Å². The van der Waals surface area contributed by atoms with Crippen molar-refractivity contribution in [2.24, 2.45) is 10.3 Å². The Kier molecular flexibility index (Phi) is 6.09. The van der Waals surface area contributed by atoms with Crippen molar-refractivity contribution in [2.45, 2.75) is 56.9 Å². The summed E-state index contributed by atoms with van der Waals surface area (Å²) in [6.45, 7) is 2.33. The fraction of sp³-hybridized carbons (Fsp3) is 0.391. The van der Waals surface area contributed by atoms with Crippen LogP contribution in [0.25, 0.3) is 0 Å². The molecule has 2 aromatic carbocycles. The van der Waals surface area contributed by atoms with Crippen LogP contribution in [-0.2, 0) is 21.4 Å². The molecule has 164 valence electrons. The molecule has 31 heavy (non-hydrogen) atoms. The molecule has 1 saturated carbocycles. The molecule has 8 heteroatoms. The van der Waals surface area contributed by atoms with Crippen LogP contribution in [-0.4, -0.2) is 20.2 Å². The van der Waals surface area contributed by atoms with E-state index in [-0.39, 0.29) is 22.5 Å². The van der Waals surface area contributed by atoms with Crippen LogP contribution in [0, 0.1) is 11.7 Å². The number of carbonyl (C=O) groups is 1. The first-order valence-corrected chi connectivity index (χ1v) is 12.1. The van der Waals surface area contributed by atoms with Crippen LogP contribution in [0.4, 0.5) is 15.8 Å². The van der Waals surface area contributed by atoms with Gasteiger partial charge in [0.05, 0.1) is 5.69 Å². The Morgan fingerprint density at radius 3 is 2.55 bits per heavy atom. The van der Waals surface area contributed by atoms with Gasteiger partial charge in [-0.15, -0.1) is 4.40 Å². The predicted molar refractivity (Wildman–Crippen MR) is 119 cm³/mol. The van der Waals surface area contributed by atoms with E-state index in [1.54, 1.807) is 24.3 Å². The first kappa shape index (κ1) is 21.5. The summed E-state index contributed by atoms with van der Waals surface area (Å²) in [7, 11) is -3.89. The number of sulfonamides is 1. The van der Waals surface area contributed by atoms with Gasteiger partial charge >= 0.3 is 0 Å². The highest BCUT2D eigenvalue weighted by atomic mass is 32.2. The Morgan fingerprint density at radius 1 is 1.16 bits per heavy atom. The van der Waals surface area contributed by atoms with Gasteiger partial charge in [0.25, 0.3) is 10.0 Å². The monoisotopic (exact) mass is 443 g/mol. The highest BCUT2D eigenvalue weighted by Gasteiger charge is 2.31. The van der Waals surface area contributed by atoms with Crippen molar-refractivity contribution in [2.75, 3.05) is 10.2 Å². The summed E-state index contributed by atoms with van der Waals surface area (Å²) < 4.78 is 43.2. The van der Waals surface area contributed by atoms with E-state index in [4.69, 9.17) is 0 Å². The van der Waals surface area contributed by atoms with Gasteiger partial charge < -0.3 is 10.2 Å². The maximum absolute atomic E-state index is 13.3. The minimum Gasteiger partial charge on any atom is -0.326 e. The average Bonchev–Trinajstić information content (AvgIpc) is 3.28. The molecule has 0 radical (unpaired) electrons. The highest BCUT2D eigenvalue weighted by Crippen LogP contribution is 2.36. The number of fused-ring (bicyclic) bond motifs is 1. The smallest absolute Gasteiger partial charge is 0.286 e. The third-order valence-corrected chi connectivity index (χ3v) is 7.12. The van der Waals surface area contributed by atoms with Crippen molar-refractivity contribution in [3.8, 4) is 0 Å². The van der Waals surface area contributed by atoms with E-state index >= 15 is 0 Å². The molecule has 2 aromatic rings. The molecule has 0 bridgehead atoms. The number of amides is 1. The molecule has 0 unspecified atom stereocenters. The number of hydrogen-bond acceptors (Lipinski definition) is 4. The summed E-state index contributed by atoms with van der Waals surface area (Å²) in [5.41, 5.74) is 1.81. The second-order valence-electron chi connectivity index (χ2n) is 8.10. The number of benzene rings is 2. The lowest BCUT2D eigenvalue weighted by molar-refractivity contribution is -0.119. The van der Waals surface area contributed by atoms with Gasteiger partial charge in [-0.05, 0) is 55.2 Å². The third kappa shape index (κ3) is 4.63. The summed E-state index contributed by atoms with van der Waals surface area (Å²) >= 11 is 0. The van der Waals surface area contributed by atoms with Gasteiger partial charge in [-0.1, -0.05) is 31.9 Å². The summed E-state index contributed by atoms with van der Waals surface area (Å²) in [5, 5.41) is 2.87. The number of amidine groups is 1. The molecule has 1 aliphatic carbocycles. The molecular weight excluding hydrogens is 417 g/mol. The zero-order chi connectivity index (χ0) is 22.0. The Morgan fingerprint density at radius 2 is 1.87 bits per heavy atom. The van der Waals surface area contributed by atoms with Crippen molar-refractivity contribution in [1.82, 2.24) is 0 Å². The SMILES string of the molecule is CCCC1=NS(=O)(=O)c2cc(NC(=O)C3CCCC3)ccc2N1Cc1ccc(F)cc1. The van der Waals surface area contributed by atoms with Crippen molar-refractivity contribution >= 4 is 33.1 Å². The number of nitrogens with zero attached hydrogens (tertiary/aromatic N) is 2. The lowest BCUT2D eigenvalue weighted by Gasteiger charge is -2.31. The molecule has 1 fully saturated rings. The molecule has 0 saturated heterocycles. The van der Waals surface area contributed by atoms with Gasteiger partial charge in [0.1, 0.15) is 16.5 Å². The molecule has 1 aliphatic heterocycles. The van der Waals surface area contributed by atoms with Crippen LogP contribution in [0.5, 0.6) is 0 Å². The Labute approximate surface area is 182 Å². The largest absolute Gasteiger partial charge is 0.326 e. The van der Waals surface area contributed by atoms with Gasteiger partial charge in [0.15, 0.2) is 0 Å². The fourth-order valence-corrected chi connectivity index (χ4v) is 5.47. The molecule has 1 heterocycles. The first-order chi connectivity index (χ1) is 14.9. The second kappa shape index (κ2) is 8.78. The molecule has 1 N–H and O–H groups in total. The minimum atomic E-state index is -3.89. The maximum Gasteiger partial charge on any atom is 0.286 e. The zero-order valence-electron chi connectivity index (χ0n) is 17.5. The Bertz CT molecular complexity index is 1110. The topological polar surface area (TPSA) is 78.8 Å². The van der Waals surface area contributed by atoms with E-state index in [9.17, 15) is 17.6 Å². The van der Waals surface area contributed by atoms with Gasteiger partial charge in [-0.3, -0.25) is 4.79 Å². The number of halogens is 1. The van der Waals surface area contributed by atoms with E-state index in [0.29, 0.717) is 30.2 Å². The molecule has 0 aromatic heterocycles. The van der Waals surface area contributed by atoms with Crippen LogP contribution < -0.4 is 10.2 Å². The molecule has 4 rings (SSSR count). The zero-order valence-corrected chi connectivity index (χ0v) is 18.3. The first-order valence-electron chi connectivity index (χ1n) is 10.7. The number of carbonyl (C=O) groups excluding carboxylic acids is 1. The second-order valence-corrected chi connectivity index (χ2v) is 9.67. The van der Waals surface area contributed by atoms with Crippen molar-refractivity contribution in [1.29, 1.82) is 0 Å². The van der Waals surface area contributed by atoms with Gasteiger partial charge in [0, 0.05) is 24.6 Å². The van der Waals surface area contributed by atoms with Crippen molar-refractivity contribution in [3.05, 3.63) is 53.8 Å². The summed E-state index contributed by atoms with van der Waals surface area (Å²) in [6.07, 6.45) is 5.06. The molecular formula is C23H26FN3O3S. The Balaban J connectivity index is 1.67. The fourth-order valence-electron chi connectivity index (χ4n) is 4.18. The van der Waals surface area contributed by atoms with Crippen LogP contribution in [0.15, 0.2) is 51.8 Å². The van der Waals surface area contributed by atoms with Crippen LogP contribution in [0.2, 0.25) is 0 Å². The van der Waals surface area contributed by atoms with Crippen molar-refractivity contribution < 1.29 is 17.6 Å². The van der Waals surface area contributed by atoms with Crippen LogP contribution in [0.1, 0.15) is 51.0 Å². The third-order valence-electron chi connectivity index (χ3n) is 5.79. The van der Waals surface area contributed by atoms with E-state index in [1.807, 2.05) is 11.8 Å². The summed E-state index contributed by atoms with van der Waals surface area (Å²) in [4.78, 5) is 14.4. The molecule has 1 amide bonds. The van der Waals surface area contributed by atoms with Gasteiger partial charge in [-0.2, -0.15) is 8.42 Å². The quantitative estimate of drug-likeness (QED) is 0.691. The normalized spacial score (nSPS) is 17.9. The number of nitrogens with one attached hydrogen (secondary N) is 1. The van der Waals surface area contributed by atoms with E-state index in [0.717, 1.165) is 37.7 Å². The lowest BCUT2D eigenvalue weighted by atomic mass is 10.1. The highest BCUT2D eigenvalue weighted by molar-refractivity contribution is 7.90. The Hall–Kier alpha value is -2.74. The molecule has 2 aliphatic rings. The summed E-state index contributed by atoms with van der Waals surface area (Å²) in [6, 6.07) is 11.1. The maximum atomic E-state index is 13.3. The summed E-state index contributed by atoms with van der Waals surface area (Å²) in [5.74, 6) is 0.0540. The number of anilines is 2. The number of rotatable bonds is 6.